The van der Waals surface area contributed by atoms with Gasteiger partial charge in [-0.05, 0) is 37.6 Å². The van der Waals surface area contributed by atoms with Gasteiger partial charge in [0.15, 0.2) is 0 Å². The van der Waals surface area contributed by atoms with Gasteiger partial charge in [-0.2, -0.15) is 0 Å². The van der Waals surface area contributed by atoms with E-state index in [9.17, 15) is 4.39 Å². The molecule has 1 aromatic rings. The molecule has 0 aromatic heterocycles. The molecular formula is C14H21FN2O. The van der Waals surface area contributed by atoms with Crippen LogP contribution >= 0.6 is 0 Å². The average Bonchev–Trinajstić information content (AvgIpc) is 2.79. The van der Waals surface area contributed by atoms with Crippen molar-refractivity contribution >= 4 is 0 Å². The van der Waals surface area contributed by atoms with Crippen LogP contribution in [0.1, 0.15) is 18.4 Å². The second-order valence-corrected chi connectivity index (χ2v) is 5.02. The second-order valence-electron chi connectivity index (χ2n) is 5.02. The smallest absolute Gasteiger partial charge is 0.123 e. The summed E-state index contributed by atoms with van der Waals surface area (Å²) in [6.45, 7) is 2.32. The van der Waals surface area contributed by atoms with Crippen molar-refractivity contribution in [3.05, 3.63) is 35.6 Å². The van der Waals surface area contributed by atoms with E-state index >= 15 is 0 Å². The lowest BCUT2D eigenvalue weighted by Crippen LogP contribution is -2.30. The summed E-state index contributed by atoms with van der Waals surface area (Å²) in [5.41, 5.74) is 6.71. The zero-order valence-electron chi connectivity index (χ0n) is 10.8. The van der Waals surface area contributed by atoms with Gasteiger partial charge in [0, 0.05) is 19.6 Å². The molecule has 2 unspecified atom stereocenters. The highest BCUT2D eigenvalue weighted by Gasteiger charge is 2.24. The Labute approximate surface area is 108 Å². The van der Waals surface area contributed by atoms with Crippen LogP contribution in [-0.2, 0) is 11.3 Å². The zero-order chi connectivity index (χ0) is 13.0. The van der Waals surface area contributed by atoms with E-state index in [1.807, 2.05) is 12.1 Å². The Morgan fingerprint density at radius 2 is 1.94 bits per heavy atom. The van der Waals surface area contributed by atoms with Crippen molar-refractivity contribution in [1.82, 2.24) is 4.90 Å². The van der Waals surface area contributed by atoms with Gasteiger partial charge in [0.1, 0.15) is 5.82 Å². The number of likely N-dealkylation sites (N-methyl/N-ethyl adjacent to an activating group) is 1. The first kappa shape index (κ1) is 13.5. The number of nitrogens with zero attached hydrogens (tertiary/aromatic N) is 1. The molecule has 1 heterocycles. The van der Waals surface area contributed by atoms with E-state index in [0.717, 1.165) is 31.5 Å². The number of hydrogen-bond acceptors (Lipinski definition) is 3. The highest BCUT2D eigenvalue weighted by Crippen LogP contribution is 2.19. The van der Waals surface area contributed by atoms with Crippen LogP contribution in [0.4, 0.5) is 4.39 Å². The summed E-state index contributed by atoms with van der Waals surface area (Å²) in [6, 6.07) is 6.65. The molecule has 0 bridgehead atoms. The van der Waals surface area contributed by atoms with E-state index < -0.39 is 0 Å². The maximum absolute atomic E-state index is 12.8. The molecule has 1 aliphatic heterocycles. The largest absolute Gasteiger partial charge is 0.372 e. The van der Waals surface area contributed by atoms with Gasteiger partial charge in [0.2, 0.25) is 0 Å². The summed E-state index contributed by atoms with van der Waals surface area (Å²) < 4.78 is 18.6. The van der Waals surface area contributed by atoms with Crippen molar-refractivity contribution in [3.63, 3.8) is 0 Å². The molecule has 1 fully saturated rings. The lowest BCUT2D eigenvalue weighted by molar-refractivity contribution is 0.0306. The molecule has 3 nitrogen and oxygen atoms in total. The molecule has 2 rings (SSSR count). The molecule has 2 N–H and O–H groups in total. The van der Waals surface area contributed by atoms with Crippen molar-refractivity contribution in [2.24, 2.45) is 5.73 Å². The number of halogens is 1. The van der Waals surface area contributed by atoms with Crippen LogP contribution in [0, 0.1) is 5.82 Å². The summed E-state index contributed by atoms with van der Waals surface area (Å²) >= 11 is 0. The first-order valence-corrected chi connectivity index (χ1v) is 6.46. The lowest BCUT2D eigenvalue weighted by atomic mass is 10.1. The predicted octanol–water partition coefficient (Wildman–Crippen LogP) is 1.76. The van der Waals surface area contributed by atoms with Gasteiger partial charge in [-0.15, -0.1) is 0 Å². The standard InChI is InChI=1S/C14H21FN2O/c1-17(9-11-2-4-12(15)5-3-11)10-14-7-6-13(8-16)18-14/h2-5,13-14H,6-10,16H2,1H3. The Kier molecular flexibility index (Phi) is 4.69. The summed E-state index contributed by atoms with van der Waals surface area (Å²) in [4.78, 5) is 2.21. The van der Waals surface area contributed by atoms with Crippen LogP contribution in [0.25, 0.3) is 0 Å². The molecule has 1 saturated heterocycles. The number of ether oxygens (including phenoxy) is 1. The van der Waals surface area contributed by atoms with Crippen LogP contribution in [-0.4, -0.2) is 37.2 Å². The summed E-state index contributed by atoms with van der Waals surface area (Å²) in [5.74, 6) is -0.189. The van der Waals surface area contributed by atoms with Crippen molar-refractivity contribution in [2.45, 2.75) is 31.6 Å². The molecule has 0 amide bonds. The van der Waals surface area contributed by atoms with Crippen molar-refractivity contribution < 1.29 is 9.13 Å². The molecule has 4 heteroatoms. The van der Waals surface area contributed by atoms with Crippen molar-refractivity contribution in [1.29, 1.82) is 0 Å². The fourth-order valence-electron chi connectivity index (χ4n) is 2.40. The number of rotatable bonds is 5. The van der Waals surface area contributed by atoms with Gasteiger partial charge in [-0.1, -0.05) is 12.1 Å². The Bertz CT molecular complexity index is 369. The highest BCUT2D eigenvalue weighted by molar-refractivity contribution is 5.15. The molecule has 18 heavy (non-hydrogen) atoms. The SMILES string of the molecule is CN(Cc1ccc(F)cc1)CC1CCC(CN)O1. The molecule has 1 aromatic carbocycles. The van der Waals surface area contributed by atoms with E-state index in [2.05, 4.69) is 11.9 Å². The molecule has 0 radical (unpaired) electrons. The zero-order valence-corrected chi connectivity index (χ0v) is 10.8. The van der Waals surface area contributed by atoms with Gasteiger partial charge in [0.05, 0.1) is 12.2 Å². The monoisotopic (exact) mass is 252 g/mol. The van der Waals surface area contributed by atoms with Gasteiger partial charge >= 0.3 is 0 Å². The van der Waals surface area contributed by atoms with Gasteiger partial charge < -0.3 is 10.5 Å². The highest BCUT2D eigenvalue weighted by atomic mass is 19.1. The van der Waals surface area contributed by atoms with E-state index in [-0.39, 0.29) is 18.0 Å². The van der Waals surface area contributed by atoms with E-state index in [0.29, 0.717) is 6.54 Å². The quantitative estimate of drug-likeness (QED) is 0.868. The molecule has 1 aliphatic rings. The third kappa shape index (κ3) is 3.77. The minimum absolute atomic E-state index is 0.189. The lowest BCUT2D eigenvalue weighted by Gasteiger charge is -2.21. The Balaban J connectivity index is 1.78. The van der Waals surface area contributed by atoms with Crippen LogP contribution < -0.4 is 5.73 Å². The topological polar surface area (TPSA) is 38.5 Å². The van der Waals surface area contributed by atoms with Gasteiger partial charge in [-0.25, -0.2) is 4.39 Å². The van der Waals surface area contributed by atoms with Crippen LogP contribution in [0.5, 0.6) is 0 Å². The third-order valence-electron chi connectivity index (χ3n) is 3.34. The summed E-state index contributed by atoms with van der Waals surface area (Å²) in [6.07, 6.45) is 2.65. The summed E-state index contributed by atoms with van der Waals surface area (Å²) in [5, 5.41) is 0. The minimum Gasteiger partial charge on any atom is -0.372 e. The minimum atomic E-state index is -0.189. The normalized spacial score (nSPS) is 23.8. The van der Waals surface area contributed by atoms with E-state index in [1.54, 1.807) is 0 Å². The fraction of sp³-hybridized carbons (Fsp3) is 0.571. The first-order chi connectivity index (χ1) is 8.67. The maximum atomic E-state index is 12.8. The Morgan fingerprint density at radius 3 is 2.56 bits per heavy atom. The second kappa shape index (κ2) is 6.27. The number of nitrogens with two attached hydrogens (primary N) is 1. The van der Waals surface area contributed by atoms with Crippen LogP contribution in [0.3, 0.4) is 0 Å². The Hall–Kier alpha value is -0.970. The molecule has 0 saturated carbocycles. The predicted molar refractivity (Wildman–Crippen MR) is 69.7 cm³/mol. The molecular weight excluding hydrogens is 231 g/mol. The summed E-state index contributed by atoms with van der Waals surface area (Å²) in [7, 11) is 2.06. The maximum Gasteiger partial charge on any atom is 0.123 e. The van der Waals surface area contributed by atoms with Crippen LogP contribution in [0.2, 0.25) is 0 Å². The third-order valence-corrected chi connectivity index (χ3v) is 3.34. The van der Waals surface area contributed by atoms with Crippen LogP contribution in [0.15, 0.2) is 24.3 Å². The molecule has 2 atom stereocenters. The van der Waals surface area contributed by atoms with Crippen molar-refractivity contribution in [2.75, 3.05) is 20.1 Å². The average molecular weight is 252 g/mol. The molecule has 0 aliphatic carbocycles. The van der Waals surface area contributed by atoms with E-state index in [4.69, 9.17) is 10.5 Å². The Morgan fingerprint density at radius 1 is 1.28 bits per heavy atom. The number of hydrogen-bond donors (Lipinski definition) is 1. The van der Waals surface area contributed by atoms with E-state index in [1.165, 1.54) is 12.1 Å². The fourth-order valence-corrected chi connectivity index (χ4v) is 2.40. The number of benzene rings is 1. The first-order valence-electron chi connectivity index (χ1n) is 6.46. The molecule has 100 valence electrons. The van der Waals surface area contributed by atoms with Gasteiger partial charge in [-0.3, -0.25) is 4.90 Å². The molecule has 0 spiro atoms. The van der Waals surface area contributed by atoms with Crippen molar-refractivity contribution in [3.8, 4) is 0 Å². The van der Waals surface area contributed by atoms with Gasteiger partial charge in [0.25, 0.3) is 0 Å².